The maximum atomic E-state index is 13.6. The van der Waals surface area contributed by atoms with Crippen LogP contribution in [0.15, 0.2) is 24.5 Å². The van der Waals surface area contributed by atoms with Crippen molar-refractivity contribution in [2.24, 2.45) is 11.8 Å². The normalized spacial score (nSPS) is 25.4. The lowest BCUT2D eigenvalue weighted by Gasteiger charge is -2.27. The van der Waals surface area contributed by atoms with E-state index in [1.165, 1.54) is 12.4 Å². The van der Waals surface area contributed by atoms with Crippen LogP contribution in [0.3, 0.4) is 0 Å². The topological polar surface area (TPSA) is 64.1 Å². The van der Waals surface area contributed by atoms with Crippen molar-refractivity contribution in [3.8, 4) is 5.75 Å². The highest BCUT2D eigenvalue weighted by atomic mass is 19.3. The Morgan fingerprint density at radius 3 is 2.26 bits per heavy atom. The molecule has 2 aliphatic rings. The smallest absolute Gasteiger partial charge is 0.272 e. The molecule has 2 saturated carbocycles. The van der Waals surface area contributed by atoms with Crippen LogP contribution in [0.4, 0.5) is 22.0 Å². The number of amides is 1. The summed E-state index contributed by atoms with van der Waals surface area (Å²) in [5, 5.41) is 2.37. The minimum absolute atomic E-state index is 0.0250. The molecule has 1 heterocycles. The second kappa shape index (κ2) is 11.3. The van der Waals surface area contributed by atoms with E-state index in [0.717, 1.165) is 37.8 Å². The largest absolute Gasteiger partial charge is 0.490 e. The Morgan fingerprint density at radius 1 is 1.03 bits per heavy atom. The SMILES string of the molecule is CC1CCCC(Oc2cc(F)c(F)c(F)c2)C1.Cc1nccnc1C(=O)NC1CC(C)CC1(F)F. The van der Waals surface area contributed by atoms with E-state index in [2.05, 4.69) is 22.2 Å². The van der Waals surface area contributed by atoms with Crippen LogP contribution in [0.25, 0.3) is 0 Å². The van der Waals surface area contributed by atoms with Gasteiger partial charge in [0.2, 0.25) is 0 Å². The van der Waals surface area contributed by atoms with Crippen LogP contribution in [0.1, 0.15) is 68.6 Å². The van der Waals surface area contributed by atoms with Gasteiger partial charge < -0.3 is 10.1 Å². The predicted molar refractivity (Wildman–Crippen MR) is 120 cm³/mol. The fraction of sp³-hybridized carbons (Fsp3) is 0.560. The van der Waals surface area contributed by atoms with E-state index in [1.54, 1.807) is 13.8 Å². The van der Waals surface area contributed by atoms with Gasteiger partial charge >= 0.3 is 0 Å². The zero-order valence-corrected chi connectivity index (χ0v) is 20.0. The number of halogens is 5. The number of hydrogen-bond acceptors (Lipinski definition) is 4. The summed E-state index contributed by atoms with van der Waals surface area (Å²) in [5.41, 5.74) is 0.539. The Kier molecular flexibility index (Phi) is 8.66. The van der Waals surface area contributed by atoms with Crippen molar-refractivity contribution in [1.82, 2.24) is 15.3 Å². The predicted octanol–water partition coefficient (Wildman–Crippen LogP) is 6.01. The zero-order chi connectivity index (χ0) is 25.8. The number of hydrogen-bond donors (Lipinski definition) is 1. The summed E-state index contributed by atoms with van der Waals surface area (Å²) in [7, 11) is 0. The average Bonchev–Trinajstić information content (AvgIpc) is 3.03. The number of rotatable bonds is 4. The van der Waals surface area contributed by atoms with Crippen LogP contribution in [0.5, 0.6) is 5.75 Å². The molecule has 0 spiro atoms. The summed E-state index contributed by atoms with van der Waals surface area (Å²) in [6.07, 6.45) is 6.88. The minimum atomic E-state index is -2.84. The molecule has 1 amide bonds. The average molecular weight is 500 g/mol. The summed E-state index contributed by atoms with van der Waals surface area (Å²) in [6, 6.07) is 0.691. The van der Waals surface area contributed by atoms with Gasteiger partial charge in [-0.05, 0) is 44.4 Å². The second-order valence-corrected chi connectivity index (χ2v) is 9.53. The Bertz CT molecular complexity index is 1010. The van der Waals surface area contributed by atoms with Gasteiger partial charge in [-0.15, -0.1) is 0 Å². The number of alkyl halides is 2. The van der Waals surface area contributed by atoms with Gasteiger partial charge in [0.1, 0.15) is 11.4 Å². The number of carbonyl (C=O) groups is 1. The van der Waals surface area contributed by atoms with Crippen LogP contribution in [0, 0.1) is 36.2 Å². The van der Waals surface area contributed by atoms with E-state index in [-0.39, 0.29) is 36.3 Å². The number of ether oxygens (including phenoxy) is 1. The molecule has 1 aromatic heterocycles. The van der Waals surface area contributed by atoms with Gasteiger partial charge in [0.15, 0.2) is 17.5 Å². The highest BCUT2D eigenvalue weighted by Gasteiger charge is 2.48. The molecule has 4 atom stereocenters. The molecule has 4 unspecified atom stereocenters. The molecule has 192 valence electrons. The fourth-order valence-electron chi connectivity index (χ4n) is 4.56. The summed E-state index contributed by atoms with van der Waals surface area (Å²) in [4.78, 5) is 19.7. The fourth-order valence-corrected chi connectivity index (χ4v) is 4.56. The van der Waals surface area contributed by atoms with Crippen molar-refractivity contribution in [1.29, 1.82) is 0 Å². The van der Waals surface area contributed by atoms with Crippen LogP contribution < -0.4 is 10.1 Å². The van der Waals surface area contributed by atoms with Crippen LogP contribution in [0.2, 0.25) is 0 Å². The van der Waals surface area contributed by atoms with Crippen molar-refractivity contribution in [2.45, 2.75) is 77.4 Å². The number of nitrogens with one attached hydrogen (secondary N) is 1. The first-order valence-electron chi connectivity index (χ1n) is 11.7. The van der Waals surface area contributed by atoms with Crippen molar-refractivity contribution >= 4 is 5.91 Å². The van der Waals surface area contributed by atoms with Crippen molar-refractivity contribution in [2.75, 3.05) is 0 Å². The summed E-state index contributed by atoms with van der Waals surface area (Å²) in [5.74, 6) is -6.75. The summed E-state index contributed by atoms with van der Waals surface area (Å²) < 4.78 is 71.4. The van der Waals surface area contributed by atoms with Gasteiger partial charge in [0.05, 0.1) is 17.8 Å². The number of benzene rings is 1. The maximum absolute atomic E-state index is 13.6. The van der Waals surface area contributed by atoms with Crippen LogP contribution in [-0.2, 0) is 0 Å². The lowest BCUT2D eigenvalue weighted by Crippen LogP contribution is -2.44. The number of aromatic nitrogens is 2. The third-order valence-corrected chi connectivity index (χ3v) is 6.32. The van der Waals surface area contributed by atoms with E-state index < -0.39 is 35.3 Å². The molecule has 2 aromatic rings. The van der Waals surface area contributed by atoms with Crippen LogP contribution in [-0.4, -0.2) is 33.9 Å². The number of nitrogens with zero attached hydrogens (tertiary/aromatic N) is 2. The highest BCUT2D eigenvalue weighted by molar-refractivity contribution is 5.93. The van der Waals surface area contributed by atoms with Crippen molar-refractivity contribution in [3.05, 3.63) is 53.4 Å². The first-order valence-corrected chi connectivity index (χ1v) is 11.7. The third kappa shape index (κ3) is 7.11. The van der Waals surface area contributed by atoms with E-state index >= 15 is 0 Å². The van der Waals surface area contributed by atoms with Gasteiger partial charge in [-0.3, -0.25) is 9.78 Å². The molecule has 1 aromatic carbocycles. The van der Waals surface area contributed by atoms with E-state index in [1.807, 2.05) is 0 Å². The Balaban J connectivity index is 0.000000196. The molecule has 2 fully saturated rings. The molecule has 4 rings (SSSR count). The van der Waals surface area contributed by atoms with Gasteiger partial charge in [0, 0.05) is 30.9 Å². The third-order valence-electron chi connectivity index (χ3n) is 6.32. The molecule has 0 bridgehead atoms. The molecule has 0 saturated heterocycles. The monoisotopic (exact) mass is 499 g/mol. The molecule has 1 N–H and O–H groups in total. The highest BCUT2D eigenvalue weighted by Crippen LogP contribution is 2.39. The molecule has 10 heteroatoms. The molecule has 0 aliphatic heterocycles. The molecule has 2 aliphatic carbocycles. The molecule has 0 radical (unpaired) electrons. The van der Waals surface area contributed by atoms with Crippen molar-refractivity contribution in [3.63, 3.8) is 0 Å². The number of carbonyl (C=O) groups excluding carboxylic acids is 1. The Morgan fingerprint density at radius 2 is 1.69 bits per heavy atom. The quantitative estimate of drug-likeness (QED) is 0.413. The zero-order valence-electron chi connectivity index (χ0n) is 20.0. The first-order chi connectivity index (χ1) is 16.5. The van der Waals surface area contributed by atoms with E-state index in [4.69, 9.17) is 4.74 Å². The van der Waals surface area contributed by atoms with E-state index in [9.17, 15) is 26.7 Å². The Hall–Kier alpha value is -2.78. The molecular formula is C25H30F5N3O2. The van der Waals surface area contributed by atoms with Crippen LogP contribution >= 0.6 is 0 Å². The molecular weight excluding hydrogens is 469 g/mol. The van der Waals surface area contributed by atoms with Crippen molar-refractivity contribution < 1.29 is 31.5 Å². The first kappa shape index (κ1) is 26.8. The molecule has 5 nitrogen and oxygen atoms in total. The standard InChI is InChI=1S/C13H15F3O.C12H15F2N3O/c1-8-3-2-4-9(5-8)17-10-6-11(14)13(16)12(15)7-10;1-7-5-9(12(13,14)6-7)17-11(18)10-8(2)15-3-4-16-10/h6-9H,2-5H2,1H3;3-4,7,9H,5-6H2,1-2H3,(H,17,18). The van der Waals surface area contributed by atoms with E-state index in [0.29, 0.717) is 11.6 Å². The summed E-state index contributed by atoms with van der Waals surface area (Å²) in [6.45, 7) is 5.51. The maximum Gasteiger partial charge on any atom is 0.272 e. The summed E-state index contributed by atoms with van der Waals surface area (Å²) >= 11 is 0. The Labute approximate surface area is 201 Å². The second-order valence-electron chi connectivity index (χ2n) is 9.53. The number of aryl methyl sites for hydroxylation is 1. The lowest BCUT2D eigenvalue weighted by atomic mass is 9.89. The van der Waals surface area contributed by atoms with Gasteiger partial charge in [0.25, 0.3) is 11.8 Å². The molecule has 35 heavy (non-hydrogen) atoms. The minimum Gasteiger partial charge on any atom is -0.490 e. The van der Waals surface area contributed by atoms with Gasteiger partial charge in [-0.2, -0.15) is 0 Å². The van der Waals surface area contributed by atoms with Gasteiger partial charge in [-0.25, -0.2) is 26.9 Å². The lowest BCUT2D eigenvalue weighted by molar-refractivity contribution is -0.0187. The van der Waals surface area contributed by atoms with Gasteiger partial charge in [-0.1, -0.05) is 20.3 Å².